The number of carbonyl (C=O) groups is 3. The number of carboxylic acids is 3. The molecule has 0 aliphatic carbocycles. The first-order valence-corrected chi connectivity index (χ1v) is 10.6. The molecule has 0 spiro atoms. The predicted octanol–water partition coefficient (Wildman–Crippen LogP) is 1.53. The fourth-order valence-corrected chi connectivity index (χ4v) is 2.51. The molecule has 4 aromatic rings. The standard InChI is InChI=1S/3C7H6O2.C6H10N2.2H3N/c3*8-7(9)6-4-2-1-3-5-6;1-3-8-5-4-7-6(8)2;;/h3*1-5H,(H,8,9);4-5H,3H2,1-2H3;2*1H3. The lowest BCUT2D eigenvalue weighted by Gasteiger charge is -1.97. The lowest BCUT2D eigenvalue weighted by Crippen LogP contribution is -2.32. The van der Waals surface area contributed by atoms with E-state index in [2.05, 4.69) is 23.4 Å². The quantitative estimate of drug-likeness (QED) is 0.346. The maximum atomic E-state index is 10.1. The van der Waals surface area contributed by atoms with Gasteiger partial charge in [0.1, 0.15) is 12.4 Å². The van der Waals surface area contributed by atoms with E-state index in [1.807, 2.05) is 12.4 Å². The number of aryl methyl sites for hydroxylation is 2. The van der Waals surface area contributed by atoms with Gasteiger partial charge in [-0.15, -0.1) is 0 Å². The van der Waals surface area contributed by atoms with E-state index in [9.17, 15) is 29.7 Å². The molecule has 0 fully saturated rings. The van der Waals surface area contributed by atoms with E-state index in [4.69, 9.17) is 0 Å². The topological polar surface area (TPSA) is 213 Å². The van der Waals surface area contributed by atoms with Gasteiger partial charge in [0, 0.05) is 6.92 Å². The van der Waals surface area contributed by atoms with Crippen molar-refractivity contribution in [3.8, 4) is 0 Å². The molecule has 10 nitrogen and oxygen atoms in total. The average Bonchev–Trinajstić information content (AvgIpc) is 3.31. The van der Waals surface area contributed by atoms with Crippen LogP contribution in [0.3, 0.4) is 0 Å². The molecule has 1 heterocycles. The first-order valence-electron chi connectivity index (χ1n) is 10.6. The molecule has 1 aromatic heterocycles. The molecule has 37 heavy (non-hydrogen) atoms. The summed E-state index contributed by atoms with van der Waals surface area (Å²) >= 11 is 0. The predicted molar refractivity (Wildman–Crippen MR) is 136 cm³/mol. The third-order valence-electron chi connectivity index (χ3n) is 4.35. The van der Waals surface area contributed by atoms with E-state index in [-0.39, 0.29) is 29.0 Å². The van der Waals surface area contributed by atoms with Crippen LogP contribution in [0.25, 0.3) is 0 Å². The summed E-state index contributed by atoms with van der Waals surface area (Å²) < 4.78 is 2.15. The van der Waals surface area contributed by atoms with E-state index < -0.39 is 17.9 Å². The minimum absolute atomic E-state index is 0. The van der Waals surface area contributed by atoms with Gasteiger partial charge in [0.2, 0.25) is 0 Å². The number of carbonyl (C=O) groups excluding carboxylic acids is 3. The fourth-order valence-electron chi connectivity index (χ4n) is 2.51. The Hall–Kier alpha value is -4.80. The summed E-state index contributed by atoms with van der Waals surface area (Å²) in [5, 5.41) is 30.3. The minimum Gasteiger partial charge on any atom is -0.545 e. The van der Waals surface area contributed by atoms with E-state index >= 15 is 0 Å². The van der Waals surface area contributed by atoms with Crippen LogP contribution >= 0.6 is 0 Å². The van der Waals surface area contributed by atoms with Crippen LogP contribution in [-0.2, 0) is 6.54 Å². The number of nitrogens with one attached hydrogen (secondary N) is 1. The highest BCUT2D eigenvalue weighted by molar-refractivity contribution is 5.86. The number of rotatable bonds is 4. The number of aromatic carboxylic acids is 3. The molecular weight excluding hydrogens is 476 g/mol. The van der Waals surface area contributed by atoms with Crippen molar-refractivity contribution in [2.24, 2.45) is 0 Å². The van der Waals surface area contributed by atoms with Gasteiger partial charge in [-0.2, -0.15) is 0 Å². The van der Waals surface area contributed by atoms with E-state index in [1.54, 1.807) is 54.6 Å². The smallest absolute Gasteiger partial charge is 0.250 e. The summed E-state index contributed by atoms with van der Waals surface area (Å²) in [6.07, 6.45) is 3.98. The van der Waals surface area contributed by atoms with Gasteiger partial charge >= 0.3 is 0 Å². The van der Waals surface area contributed by atoms with Crippen molar-refractivity contribution < 1.29 is 34.3 Å². The van der Waals surface area contributed by atoms with Crippen LogP contribution in [0.5, 0.6) is 0 Å². The number of aromatic amines is 1. The largest absolute Gasteiger partial charge is 0.545 e. The summed E-state index contributed by atoms with van der Waals surface area (Å²) in [4.78, 5) is 33.4. The number of hydrogen-bond donors (Lipinski definition) is 3. The summed E-state index contributed by atoms with van der Waals surface area (Å²) in [6.45, 7) is 5.24. The molecule has 0 bridgehead atoms. The Morgan fingerprint density at radius 1 is 0.649 bits per heavy atom. The van der Waals surface area contributed by atoms with Crippen LogP contribution in [0.2, 0.25) is 0 Å². The Balaban J connectivity index is 0. The minimum atomic E-state index is -1.13. The van der Waals surface area contributed by atoms with Gasteiger partial charge in [-0.1, -0.05) is 91.0 Å². The van der Waals surface area contributed by atoms with Crippen LogP contribution in [-0.4, -0.2) is 22.9 Å². The van der Waals surface area contributed by atoms with E-state index in [0.717, 1.165) is 6.54 Å². The second kappa shape index (κ2) is 19.5. The number of aromatic nitrogens is 2. The first-order chi connectivity index (χ1) is 16.8. The average molecular weight is 511 g/mol. The number of imidazole rings is 1. The molecule has 0 unspecified atom stereocenters. The van der Waals surface area contributed by atoms with Crippen molar-refractivity contribution in [3.63, 3.8) is 0 Å². The molecular formula is C27H34N4O6. The summed E-state index contributed by atoms with van der Waals surface area (Å²) in [5.41, 5.74) is 0.660. The highest BCUT2D eigenvalue weighted by atomic mass is 16.4. The SMILES string of the molecule is CC[n+]1cc[nH]c1C.O=C([O-])c1ccccc1.O=C([O-])c1ccccc1.O=C([O-])c1ccccc1.[NH4+].[NH4+]. The summed E-state index contributed by atoms with van der Waals surface area (Å²) in [7, 11) is 0. The van der Waals surface area contributed by atoms with Gasteiger partial charge in [-0.25, -0.2) is 9.55 Å². The Kier molecular flexibility index (Phi) is 18.1. The molecule has 0 saturated carbocycles. The lowest BCUT2D eigenvalue weighted by molar-refractivity contribution is -0.698. The number of H-pyrrole nitrogens is 1. The molecule has 0 amide bonds. The Morgan fingerprint density at radius 2 is 0.946 bits per heavy atom. The van der Waals surface area contributed by atoms with Gasteiger partial charge in [0.05, 0.1) is 24.5 Å². The molecule has 9 N–H and O–H groups in total. The Bertz CT molecular complexity index is 1050. The second-order valence-electron chi connectivity index (χ2n) is 6.79. The zero-order valence-corrected chi connectivity index (χ0v) is 21.4. The van der Waals surface area contributed by atoms with Gasteiger partial charge in [0.25, 0.3) is 5.82 Å². The normalized spacial score (nSPS) is 8.59. The highest BCUT2D eigenvalue weighted by Gasteiger charge is 1.97. The summed E-state index contributed by atoms with van der Waals surface area (Å²) in [6, 6.07) is 24.2. The van der Waals surface area contributed by atoms with Crippen molar-refractivity contribution in [2.75, 3.05) is 0 Å². The lowest BCUT2D eigenvalue weighted by atomic mass is 10.2. The maximum Gasteiger partial charge on any atom is 0.250 e. The first kappa shape index (κ1) is 34.4. The molecule has 10 heteroatoms. The molecule has 0 atom stereocenters. The van der Waals surface area contributed by atoms with Crippen LogP contribution in [0, 0.1) is 6.92 Å². The number of benzene rings is 3. The number of hydrogen-bond acceptors (Lipinski definition) is 6. The van der Waals surface area contributed by atoms with Crippen LogP contribution in [0.4, 0.5) is 0 Å². The number of quaternary nitrogens is 2. The molecule has 0 radical (unpaired) electrons. The van der Waals surface area contributed by atoms with E-state index in [0.29, 0.717) is 0 Å². The third kappa shape index (κ3) is 14.3. The number of nitrogens with zero attached hydrogens (tertiary/aromatic N) is 1. The molecule has 0 aliphatic rings. The van der Waals surface area contributed by atoms with Crippen LogP contribution in [0.1, 0.15) is 43.8 Å². The van der Waals surface area contributed by atoms with Gasteiger partial charge in [-0.3, -0.25) is 0 Å². The van der Waals surface area contributed by atoms with Crippen molar-refractivity contribution in [1.82, 2.24) is 17.3 Å². The molecule has 0 aliphatic heterocycles. The van der Waals surface area contributed by atoms with Crippen molar-refractivity contribution in [1.29, 1.82) is 0 Å². The fraction of sp³-hybridized carbons (Fsp3) is 0.111. The monoisotopic (exact) mass is 510 g/mol. The van der Waals surface area contributed by atoms with Crippen molar-refractivity contribution >= 4 is 17.9 Å². The van der Waals surface area contributed by atoms with Crippen molar-refractivity contribution in [3.05, 3.63) is 126 Å². The Morgan fingerprint density at radius 3 is 1.08 bits per heavy atom. The zero-order valence-electron chi connectivity index (χ0n) is 21.4. The van der Waals surface area contributed by atoms with Gasteiger partial charge < -0.3 is 42.0 Å². The number of carboxylic acid groups (broad SMARTS) is 3. The third-order valence-corrected chi connectivity index (χ3v) is 4.35. The molecule has 198 valence electrons. The second-order valence-corrected chi connectivity index (χ2v) is 6.79. The van der Waals surface area contributed by atoms with Gasteiger partial charge in [0.15, 0.2) is 0 Å². The maximum absolute atomic E-state index is 10.1. The van der Waals surface area contributed by atoms with Crippen LogP contribution < -0.4 is 32.2 Å². The van der Waals surface area contributed by atoms with E-state index in [1.165, 1.54) is 42.2 Å². The Labute approximate surface area is 216 Å². The zero-order chi connectivity index (χ0) is 26.1. The summed E-state index contributed by atoms with van der Waals surface area (Å²) in [5.74, 6) is -2.17. The highest BCUT2D eigenvalue weighted by Crippen LogP contribution is 1.96. The molecule has 0 saturated heterocycles. The van der Waals surface area contributed by atoms with Gasteiger partial charge in [-0.05, 0) is 23.6 Å². The van der Waals surface area contributed by atoms with Crippen LogP contribution in [0.15, 0.2) is 103 Å². The van der Waals surface area contributed by atoms with Crippen molar-refractivity contribution in [2.45, 2.75) is 20.4 Å². The molecule has 3 aromatic carbocycles. The molecule has 4 rings (SSSR count).